The first kappa shape index (κ1) is 11.5. The number of hydrogen-bond acceptors (Lipinski definition) is 4. The van der Waals surface area contributed by atoms with Gasteiger partial charge in [-0.2, -0.15) is 0 Å². The van der Waals surface area contributed by atoms with E-state index in [1.165, 1.54) is 0 Å². The van der Waals surface area contributed by atoms with Crippen molar-refractivity contribution in [1.82, 2.24) is 9.97 Å². The molecular formula is C13H15N3O. The lowest BCUT2D eigenvalue weighted by Gasteiger charge is -2.18. The quantitative estimate of drug-likeness (QED) is 0.865. The molecule has 4 heteroatoms. The lowest BCUT2D eigenvalue weighted by molar-refractivity contribution is 0.281. The minimum Gasteiger partial charge on any atom is -0.392 e. The van der Waals surface area contributed by atoms with Crippen LogP contribution >= 0.6 is 0 Å². The van der Waals surface area contributed by atoms with E-state index in [9.17, 15) is 0 Å². The van der Waals surface area contributed by atoms with Crippen molar-refractivity contribution >= 4 is 5.82 Å². The Bertz CT molecular complexity index is 473. The van der Waals surface area contributed by atoms with E-state index < -0.39 is 0 Å². The molecule has 2 aromatic rings. The van der Waals surface area contributed by atoms with Crippen LogP contribution in [0.15, 0.2) is 42.9 Å². The second kappa shape index (κ2) is 5.41. The molecule has 0 aliphatic rings. The van der Waals surface area contributed by atoms with E-state index in [1.54, 1.807) is 18.5 Å². The fourth-order valence-electron chi connectivity index (χ4n) is 1.61. The van der Waals surface area contributed by atoms with Gasteiger partial charge >= 0.3 is 0 Å². The fraction of sp³-hybridized carbons (Fsp3) is 0.231. The van der Waals surface area contributed by atoms with Crippen LogP contribution in [0, 0.1) is 0 Å². The number of anilines is 1. The topological polar surface area (TPSA) is 49.2 Å². The van der Waals surface area contributed by atoms with E-state index >= 15 is 0 Å². The zero-order valence-electron chi connectivity index (χ0n) is 9.74. The molecule has 0 aliphatic carbocycles. The predicted molar refractivity (Wildman–Crippen MR) is 66.5 cm³/mol. The van der Waals surface area contributed by atoms with Gasteiger partial charge in [-0.3, -0.25) is 4.98 Å². The Balaban J connectivity index is 2.11. The molecule has 0 fully saturated rings. The number of hydrogen-bond donors (Lipinski definition) is 1. The summed E-state index contributed by atoms with van der Waals surface area (Å²) in [6.07, 6.45) is 5.31. The summed E-state index contributed by atoms with van der Waals surface area (Å²) in [6.45, 7) is 0.784. The van der Waals surface area contributed by atoms with Crippen molar-refractivity contribution in [3.05, 3.63) is 54.0 Å². The molecule has 88 valence electrons. The van der Waals surface area contributed by atoms with E-state index in [0.29, 0.717) is 0 Å². The summed E-state index contributed by atoms with van der Waals surface area (Å²) in [7, 11) is 1.97. The summed E-state index contributed by atoms with van der Waals surface area (Å²) in [5.74, 6) is 0.848. The Hall–Kier alpha value is -1.94. The average Bonchev–Trinajstić information content (AvgIpc) is 2.40. The number of aromatic nitrogens is 2. The molecule has 2 heterocycles. The molecule has 0 amide bonds. The molecule has 0 spiro atoms. The highest BCUT2D eigenvalue weighted by atomic mass is 16.3. The average molecular weight is 229 g/mol. The first-order valence-electron chi connectivity index (χ1n) is 5.45. The number of rotatable bonds is 4. The Morgan fingerprint density at radius 3 is 2.82 bits per heavy atom. The van der Waals surface area contributed by atoms with Crippen molar-refractivity contribution in [2.45, 2.75) is 13.2 Å². The van der Waals surface area contributed by atoms with Crippen LogP contribution in [0.4, 0.5) is 5.82 Å². The normalized spacial score (nSPS) is 10.2. The molecule has 0 unspecified atom stereocenters. The molecule has 0 saturated heterocycles. The van der Waals surface area contributed by atoms with Gasteiger partial charge in [0.05, 0.1) is 6.61 Å². The highest BCUT2D eigenvalue weighted by Gasteiger charge is 2.04. The smallest absolute Gasteiger partial charge is 0.128 e. The minimum atomic E-state index is 0.0379. The molecule has 1 N–H and O–H groups in total. The maximum atomic E-state index is 9.08. The largest absolute Gasteiger partial charge is 0.392 e. The fourth-order valence-corrected chi connectivity index (χ4v) is 1.61. The summed E-state index contributed by atoms with van der Waals surface area (Å²) < 4.78 is 0. The van der Waals surface area contributed by atoms with E-state index in [0.717, 1.165) is 23.5 Å². The van der Waals surface area contributed by atoms with Gasteiger partial charge in [-0.25, -0.2) is 4.98 Å². The summed E-state index contributed by atoms with van der Waals surface area (Å²) in [5.41, 5.74) is 2.00. The van der Waals surface area contributed by atoms with Gasteiger partial charge in [0.1, 0.15) is 5.82 Å². The molecule has 0 radical (unpaired) electrons. The van der Waals surface area contributed by atoms with Gasteiger partial charge in [0.15, 0.2) is 0 Å². The standard InChI is InChI=1S/C13H15N3O/c1-16(9-12-3-2-5-14-8-12)13-7-11(10-17)4-6-15-13/h2-8,17H,9-10H2,1H3. The first-order valence-corrected chi connectivity index (χ1v) is 5.45. The highest BCUT2D eigenvalue weighted by Crippen LogP contribution is 2.13. The molecule has 17 heavy (non-hydrogen) atoms. The van der Waals surface area contributed by atoms with Crippen LogP contribution in [0.2, 0.25) is 0 Å². The zero-order chi connectivity index (χ0) is 12.1. The van der Waals surface area contributed by atoms with Gasteiger partial charge in [-0.1, -0.05) is 6.07 Å². The Kier molecular flexibility index (Phi) is 3.67. The zero-order valence-corrected chi connectivity index (χ0v) is 9.74. The van der Waals surface area contributed by atoms with Crippen molar-refractivity contribution in [1.29, 1.82) is 0 Å². The molecule has 2 aromatic heterocycles. The second-order valence-corrected chi connectivity index (χ2v) is 3.90. The van der Waals surface area contributed by atoms with E-state index in [1.807, 2.05) is 36.3 Å². The molecule has 0 aromatic carbocycles. The van der Waals surface area contributed by atoms with Crippen LogP contribution in [0.1, 0.15) is 11.1 Å². The predicted octanol–water partition coefficient (Wildman–Crippen LogP) is 1.61. The third-order valence-corrected chi connectivity index (χ3v) is 2.53. The monoisotopic (exact) mass is 229 g/mol. The minimum absolute atomic E-state index is 0.0379. The van der Waals surface area contributed by atoms with Crippen LogP contribution in [-0.2, 0) is 13.2 Å². The third kappa shape index (κ3) is 3.01. The Morgan fingerprint density at radius 2 is 2.12 bits per heavy atom. The maximum absolute atomic E-state index is 9.08. The summed E-state index contributed by atoms with van der Waals surface area (Å²) >= 11 is 0. The molecular weight excluding hydrogens is 214 g/mol. The van der Waals surface area contributed by atoms with Gasteiger partial charge in [-0.05, 0) is 29.3 Å². The Morgan fingerprint density at radius 1 is 1.24 bits per heavy atom. The molecule has 4 nitrogen and oxygen atoms in total. The third-order valence-electron chi connectivity index (χ3n) is 2.53. The van der Waals surface area contributed by atoms with Crippen LogP contribution in [0.25, 0.3) is 0 Å². The number of aliphatic hydroxyl groups is 1. The summed E-state index contributed by atoms with van der Waals surface area (Å²) in [5, 5.41) is 9.08. The summed E-state index contributed by atoms with van der Waals surface area (Å²) in [4.78, 5) is 10.4. The maximum Gasteiger partial charge on any atom is 0.128 e. The number of aliphatic hydroxyl groups excluding tert-OH is 1. The van der Waals surface area contributed by atoms with Gasteiger partial charge in [0.25, 0.3) is 0 Å². The van der Waals surface area contributed by atoms with Gasteiger partial charge in [-0.15, -0.1) is 0 Å². The van der Waals surface area contributed by atoms with Crippen molar-refractivity contribution < 1.29 is 5.11 Å². The molecule has 0 aliphatic heterocycles. The van der Waals surface area contributed by atoms with Crippen LogP contribution in [0.3, 0.4) is 0 Å². The molecule has 0 atom stereocenters. The molecule has 0 saturated carbocycles. The van der Waals surface area contributed by atoms with E-state index in [-0.39, 0.29) is 6.61 Å². The number of pyridine rings is 2. The van der Waals surface area contributed by atoms with Crippen molar-refractivity contribution in [3.8, 4) is 0 Å². The lowest BCUT2D eigenvalue weighted by atomic mass is 10.2. The van der Waals surface area contributed by atoms with Gasteiger partial charge in [0.2, 0.25) is 0 Å². The first-order chi connectivity index (χ1) is 8.29. The van der Waals surface area contributed by atoms with Crippen molar-refractivity contribution in [2.24, 2.45) is 0 Å². The van der Waals surface area contributed by atoms with E-state index in [4.69, 9.17) is 5.11 Å². The number of nitrogens with zero attached hydrogens (tertiary/aromatic N) is 3. The highest BCUT2D eigenvalue weighted by molar-refractivity contribution is 5.40. The lowest BCUT2D eigenvalue weighted by Crippen LogP contribution is -2.17. The molecule has 2 rings (SSSR count). The van der Waals surface area contributed by atoms with Crippen LogP contribution in [-0.4, -0.2) is 22.1 Å². The second-order valence-electron chi connectivity index (χ2n) is 3.90. The molecule has 0 bridgehead atoms. The van der Waals surface area contributed by atoms with Gasteiger partial charge < -0.3 is 10.0 Å². The SMILES string of the molecule is CN(Cc1cccnc1)c1cc(CO)ccn1. The summed E-state index contributed by atoms with van der Waals surface area (Å²) in [6, 6.07) is 7.64. The van der Waals surface area contributed by atoms with Gasteiger partial charge in [0, 0.05) is 32.2 Å². The van der Waals surface area contributed by atoms with Crippen LogP contribution in [0.5, 0.6) is 0 Å². The van der Waals surface area contributed by atoms with E-state index in [2.05, 4.69) is 9.97 Å². The van der Waals surface area contributed by atoms with Crippen molar-refractivity contribution in [2.75, 3.05) is 11.9 Å². The Labute approximate surface area is 101 Å². The van der Waals surface area contributed by atoms with Crippen molar-refractivity contribution in [3.63, 3.8) is 0 Å². The van der Waals surface area contributed by atoms with Crippen LogP contribution < -0.4 is 4.90 Å².